The number of amides is 2. The summed E-state index contributed by atoms with van der Waals surface area (Å²) in [6, 6.07) is 0. The first-order chi connectivity index (χ1) is 11.0. The summed E-state index contributed by atoms with van der Waals surface area (Å²) in [7, 11) is 0. The van der Waals surface area contributed by atoms with Crippen molar-refractivity contribution in [3.05, 3.63) is 18.0 Å². The van der Waals surface area contributed by atoms with Crippen LogP contribution in [0, 0.1) is 5.92 Å². The molecule has 0 spiro atoms. The van der Waals surface area contributed by atoms with E-state index in [9.17, 15) is 9.59 Å². The quantitative estimate of drug-likeness (QED) is 0.873. The fourth-order valence-electron chi connectivity index (χ4n) is 2.40. The van der Waals surface area contributed by atoms with Crippen LogP contribution in [0.15, 0.2) is 12.4 Å². The van der Waals surface area contributed by atoms with Gasteiger partial charge in [0.2, 0.25) is 11.9 Å². The second-order valence-corrected chi connectivity index (χ2v) is 6.20. The topological polar surface area (TPSA) is 78.4 Å². The van der Waals surface area contributed by atoms with Crippen LogP contribution in [0.4, 0.5) is 5.95 Å². The Morgan fingerprint density at radius 2 is 1.78 bits per heavy atom. The fraction of sp³-hybridized carbons (Fsp3) is 0.625. The first-order valence-corrected chi connectivity index (χ1v) is 8.08. The lowest BCUT2D eigenvalue weighted by molar-refractivity contribution is -0.129. The number of nitrogens with zero attached hydrogens (tertiary/aromatic N) is 4. The molecule has 1 saturated heterocycles. The van der Waals surface area contributed by atoms with Crippen molar-refractivity contribution in [2.45, 2.75) is 27.2 Å². The van der Waals surface area contributed by atoms with E-state index >= 15 is 0 Å². The molecule has 2 amide bonds. The lowest BCUT2D eigenvalue weighted by Gasteiger charge is -2.34. The molecule has 23 heavy (non-hydrogen) atoms. The Hall–Kier alpha value is -2.18. The zero-order chi connectivity index (χ0) is 16.8. The zero-order valence-electron chi connectivity index (χ0n) is 14.1. The van der Waals surface area contributed by atoms with Gasteiger partial charge in [-0.25, -0.2) is 9.97 Å². The van der Waals surface area contributed by atoms with Crippen molar-refractivity contribution in [3.63, 3.8) is 0 Å². The average molecular weight is 319 g/mol. The first-order valence-electron chi connectivity index (χ1n) is 8.08. The zero-order valence-corrected chi connectivity index (χ0v) is 14.1. The number of aromatic nitrogens is 2. The number of hydrogen-bond acceptors (Lipinski definition) is 5. The normalized spacial score (nSPS) is 15.0. The molecule has 0 atom stereocenters. The number of rotatable bonds is 5. The van der Waals surface area contributed by atoms with E-state index in [2.05, 4.69) is 29.1 Å². The summed E-state index contributed by atoms with van der Waals surface area (Å²) in [5, 5.41) is 2.87. The summed E-state index contributed by atoms with van der Waals surface area (Å²) in [4.78, 5) is 35.7. The van der Waals surface area contributed by atoms with Crippen LogP contribution in [0.3, 0.4) is 0 Å². The molecule has 0 saturated carbocycles. The molecule has 0 aromatic carbocycles. The molecule has 0 bridgehead atoms. The van der Waals surface area contributed by atoms with Crippen molar-refractivity contribution in [3.8, 4) is 0 Å². The molecule has 126 valence electrons. The molecular formula is C16H25N5O2. The van der Waals surface area contributed by atoms with Crippen LogP contribution in [0.1, 0.15) is 37.6 Å². The van der Waals surface area contributed by atoms with E-state index in [1.807, 2.05) is 9.80 Å². The summed E-state index contributed by atoms with van der Waals surface area (Å²) >= 11 is 0. The maximum Gasteiger partial charge on any atom is 0.254 e. The summed E-state index contributed by atoms with van der Waals surface area (Å²) < 4.78 is 0. The molecule has 1 N–H and O–H groups in total. The van der Waals surface area contributed by atoms with E-state index in [-0.39, 0.29) is 11.8 Å². The van der Waals surface area contributed by atoms with Gasteiger partial charge in [-0.2, -0.15) is 0 Å². The number of hydrogen-bond donors (Lipinski definition) is 1. The Morgan fingerprint density at radius 3 is 2.30 bits per heavy atom. The maximum atomic E-state index is 12.0. The third-order valence-corrected chi connectivity index (χ3v) is 3.92. The Balaban J connectivity index is 1.87. The standard InChI is InChI=1S/C16H25N5O2/c1-12(2)4-5-17-15(23)14-10-18-16(19-11-14)21-8-6-20(7-9-21)13(3)22/h10-12H,4-9H2,1-3H3,(H,17,23). The van der Waals surface area contributed by atoms with Crippen molar-refractivity contribution >= 4 is 17.8 Å². The average Bonchev–Trinajstić information content (AvgIpc) is 2.54. The summed E-state index contributed by atoms with van der Waals surface area (Å²) in [5.41, 5.74) is 0.472. The monoisotopic (exact) mass is 319 g/mol. The Kier molecular flexibility index (Phi) is 5.90. The van der Waals surface area contributed by atoms with Gasteiger partial charge >= 0.3 is 0 Å². The molecule has 0 unspecified atom stereocenters. The van der Waals surface area contributed by atoms with Gasteiger partial charge in [-0.05, 0) is 12.3 Å². The number of nitrogens with one attached hydrogen (secondary N) is 1. The smallest absolute Gasteiger partial charge is 0.254 e. The minimum atomic E-state index is -0.140. The van der Waals surface area contributed by atoms with Crippen LogP contribution in [0.25, 0.3) is 0 Å². The molecule has 2 heterocycles. The van der Waals surface area contributed by atoms with Crippen LogP contribution < -0.4 is 10.2 Å². The maximum absolute atomic E-state index is 12.0. The highest BCUT2D eigenvalue weighted by Crippen LogP contribution is 2.11. The predicted octanol–water partition coefficient (Wildman–Crippen LogP) is 0.921. The van der Waals surface area contributed by atoms with Crippen molar-refractivity contribution < 1.29 is 9.59 Å². The Bertz CT molecular complexity index is 536. The highest BCUT2D eigenvalue weighted by atomic mass is 16.2. The highest BCUT2D eigenvalue weighted by Gasteiger charge is 2.20. The van der Waals surface area contributed by atoms with E-state index in [4.69, 9.17) is 0 Å². The number of piperazine rings is 1. The van der Waals surface area contributed by atoms with E-state index in [1.165, 1.54) is 0 Å². The lowest BCUT2D eigenvalue weighted by atomic mass is 10.1. The fourth-order valence-corrected chi connectivity index (χ4v) is 2.40. The lowest BCUT2D eigenvalue weighted by Crippen LogP contribution is -2.48. The minimum absolute atomic E-state index is 0.0963. The second-order valence-electron chi connectivity index (χ2n) is 6.20. The molecule has 1 aliphatic heterocycles. The van der Waals surface area contributed by atoms with E-state index < -0.39 is 0 Å². The van der Waals surface area contributed by atoms with Gasteiger partial charge in [-0.1, -0.05) is 13.8 Å². The second kappa shape index (κ2) is 7.89. The van der Waals surface area contributed by atoms with Gasteiger partial charge in [0.05, 0.1) is 5.56 Å². The molecule has 7 nitrogen and oxygen atoms in total. The summed E-state index contributed by atoms with van der Waals surface area (Å²) in [5.74, 6) is 1.12. The largest absolute Gasteiger partial charge is 0.352 e. The highest BCUT2D eigenvalue weighted by molar-refractivity contribution is 5.93. The molecule has 1 aromatic rings. The van der Waals surface area contributed by atoms with Crippen molar-refractivity contribution in [1.29, 1.82) is 0 Å². The summed E-state index contributed by atoms with van der Waals surface area (Å²) in [6.45, 7) is 9.25. The number of carbonyl (C=O) groups is 2. The molecule has 1 aromatic heterocycles. The summed E-state index contributed by atoms with van der Waals surface area (Å²) in [6.07, 6.45) is 4.07. The van der Waals surface area contributed by atoms with Gasteiger partial charge in [0.15, 0.2) is 0 Å². The Morgan fingerprint density at radius 1 is 1.17 bits per heavy atom. The SMILES string of the molecule is CC(=O)N1CCN(c2ncc(C(=O)NCCC(C)C)cn2)CC1. The van der Waals surface area contributed by atoms with Gasteiger partial charge in [0.1, 0.15) is 0 Å². The van der Waals surface area contributed by atoms with Crippen LogP contribution in [-0.2, 0) is 4.79 Å². The van der Waals surface area contributed by atoms with Crippen molar-refractivity contribution in [2.75, 3.05) is 37.6 Å². The van der Waals surface area contributed by atoms with Crippen LogP contribution in [0.5, 0.6) is 0 Å². The van der Waals surface area contributed by atoms with Gasteiger partial charge in [-0.3, -0.25) is 9.59 Å². The van der Waals surface area contributed by atoms with Crippen molar-refractivity contribution in [1.82, 2.24) is 20.2 Å². The van der Waals surface area contributed by atoms with Crippen LogP contribution in [-0.4, -0.2) is 59.4 Å². The van der Waals surface area contributed by atoms with Gasteiger partial charge in [0.25, 0.3) is 5.91 Å². The molecule has 1 fully saturated rings. The van der Waals surface area contributed by atoms with Crippen LogP contribution in [0.2, 0.25) is 0 Å². The van der Waals surface area contributed by atoms with E-state index in [0.29, 0.717) is 50.2 Å². The van der Waals surface area contributed by atoms with Gasteiger partial charge in [-0.15, -0.1) is 0 Å². The molecule has 0 radical (unpaired) electrons. The number of anilines is 1. The van der Waals surface area contributed by atoms with Crippen LogP contribution >= 0.6 is 0 Å². The molecule has 2 rings (SSSR count). The number of carbonyl (C=O) groups excluding carboxylic acids is 2. The third kappa shape index (κ3) is 4.91. The minimum Gasteiger partial charge on any atom is -0.352 e. The predicted molar refractivity (Wildman–Crippen MR) is 88.3 cm³/mol. The van der Waals surface area contributed by atoms with E-state index in [0.717, 1.165) is 6.42 Å². The van der Waals surface area contributed by atoms with Gasteiger partial charge in [0, 0.05) is 52.0 Å². The first kappa shape index (κ1) is 17.2. The molecule has 0 aliphatic carbocycles. The van der Waals surface area contributed by atoms with E-state index in [1.54, 1.807) is 19.3 Å². The molecule has 7 heteroatoms. The van der Waals surface area contributed by atoms with Crippen molar-refractivity contribution in [2.24, 2.45) is 5.92 Å². The Labute approximate surface area is 137 Å². The molecule has 1 aliphatic rings. The van der Waals surface area contributed by atoms with Gasteiger partial charge < -0.3 is 15.1 Å². The third-order valence-electron chi connectivity index (χ3n) is 3.92. The molecular weight excluding hydrogens is 294 g/mol.